The van der Waals surface area contributed by atoms with E-state index in [4.69, 9.17) is 4.74 Å². The van der Waals surface area contributed by atoms with Gasteiger partial charge in [-0.25, -0.2) is 8.42 Å². The second-order valence-corrected chi connectivity index (χ2v) is 7.66. The van der Waals surface area contributed by atoms with E-state index < -0.39 is 10.0 Å². The zero-order valence-electron chi connectivity index (χ0n) is 15.2. The number of benzene rings is 3. The van der Waals surface area contributed by atoms with Gasteiger partial charge in [0, 0.05) is 11.3 Å². The Morgan fingerprint density at radius 1 is 0.929 bits per heavy atom. The lowest BCUT2D eigenvalue weighted by molar-refractivity contribution is 0.104. The Morgan fingerprint density at radius 3 is 2.43 bits per heavy atom. The van der Waals surface area contributed by atoms with Gasteiger partial charge < -0.3 is 4.74 Å². The fraction of sp³-hybridized carbons (Fsp3) is 0.0455. The first-order valence-corrected chi connectivity index (χ1v) is 10.0. The molecule has 0 aromatic heterocycles. The SMILES string of the molecule is COc1cccc(/C=C/C(=O)c2cccc(S(=O)(=O)Nc3ccccc3)c2)c1. The Hall–Kier alpha value is -3.38. The van der Waals surface area contributed by atoms with Crippen molar-refractivity contribution in [1.82, 2.24) is 0 Å². The first kappa shape index (κ1) is 19.4. The number of ketones is 1. The summed E-state index contributed by atoms with van der Waals surface area (Å²) in [6.07, 6.45) is 3.07. The Labute approximate surface area is 164 Å². The number of carbonyl (C=O) groups is 1. The van der Waals surface area contributed by atoms with Crippen molar-refractivity contribution in [2.75, 3.05) is 11.8 Å². The zero-order chi connectivity index (χ0) is 20.0. The summed E-state index contributed by atoms with van der Waals surface area (Å²) in [5.41, 5.74) is 1.55. The van der Waals surface area contributed by atoms with Crippen LogP contribution in [0.4, 0.5) is 5.69 Å². The molecule has 1 N–H and O–H groups in total. The second kappa shape index (κ2) is 8.54. The molecule has 142 valence electrons. The van der Waals surface area contributed by atoms with E-state index in [1.54, 1.807) is 61.7 Å². The summed E-state index contributed by atoms with van der Waals surface area (Å²) in [6.45, 7) is 0. The van der Waals surface area contributed by atoms with Gasteiger partial charge in [-0.2, -0.15) is 0 Å². The van der Waals surface area contributed by atoms with Crippen molar-refractivity contribution in [2.45, 2.75) is 4.90 Å². The van der Waals surface area contributed by atoms with Gasteiger partial charge in [0.1, 0.15) is 5.75 Å². The normalized spacial score (nSPS) is 11.3. The number of hydrogen-bond acceptors (Lipinski definition) is 4. The quantitative estimate of drug-likeness (QED) is 0.477. The van der Waals surface area contributed by atoms with Gasteiger partial charge in [0.2, 0.25) is 0 Å². The molecule has 6 heteroatoms. The maximum absolute atomic E-state index is 12.6. The third-order valence-corrected chi connectivity index (χ3v) is 5.35. The third-order valence-electron chi connectivity index (χ3n) is 3.98. The van der Waals surface area contributed by atoms with Crippen LogP contribution in [0.25, 0.3) is 6.08 Å². The molecule has 0 spiro atoms. The summed E-state index contributed by atoms with van der Waals surface area (Å²) in [7, 11) is -2.22. The lowest BCUT2D eigenvalue weighted by atomic mass is 10.1. The Kier molecular flexibility index (Phi) is 5.91. The van der Waals surface area contributed by atoms with E-state index >= 15 is 0 Å². The van der Waals surface area contributed by atoms with Crippen LogP contribution in [-0.4, -0.2) is 21.3 Å². The molecule has 0 saturated carbocycles. The number of methoxy groups -OCH3 is 1. The maximum atomic E-state index is 12.6. The third kappa shape index (κ3) is 4.86. The van der Waals surface area contributed by atoms with Crippen LogP contribution in [0.3, 0.4) is 0 Å². The number of allylic oxidation sites excluding steroid dienone is 1. The van der Waals surface area contributed by atoms with Gasteiger partial charge >= 0.3 is 0 Å². The van der Waals surface area contributed by atoms with Gasteiger partial charge in [-0.15, -0.1) is 0 Å². The summed E-state index contributed by atoms with van der Waals surface area (Å²) >= 11 is 0. The van der Waals surface area contributed by atoms with Crippen LogP contribution in [0.5, 0.6) is 5.75 Å². The first-order valence-electron chi connectivity index (χ1n) is 8.52. The lowest BCUT2D eigenvalue weighted by Gasteiger charge is -2.08. The van der Waals surface area contributed by atoms with Crippen molar-refractivity contribution < 1.29 is 17.9 Å². The average Bonchev–Trinajstić information content (AvgIpc) is 2.72. The van der Waals surface area contributed by atoms with Gasteiger partial charge in [-0.1, -0.05) is 48.5 Å². The highest BCUT2D eigenvalue weighted by Gasteiger charge is 2.15. The minimum atomic E-state index is -3.79. The highest BCUT2D eigenvalue weighted by molar-refractivity contribution is 7.92. The number of carbonyl (C=O) groups excluding carboxylic acids is 1. The molecule has 0 bridgehead atoms. The minimum absolute atomic E-state index is 0.0250. The predicted octanol–water partition coefficient (Wildman–Crippen LogP) is 4.39. The van der Waals surface area contributed by atoms with Crippen LogP contribution in [-0.2, 0) is 10.0 Å². The molecule has 28 heavy (non-hydrogen) atoms. The van der Waals surface area contributed by atoms with Gasteiger partial charge in [-0.3, -0.25) is 9.52 Å². The first-order chi connectivity index (χ1) is 13.5. The number of ether oxygens (including phenoxy) is 1. The van der Waals surface area contributed by atoms with E-state index in [2.05, 4.69) is 4.72 Å². The van der Waals surface area contributed by atoms with Gasteiger partial charge in [0.15, 0.2) is 5.78 Å². The number of para-hydroxylation sites is 1. The number of sulfonamides is 1. The molecule has 0 unspecified atom stereocenters. The van der Waals surface area contributed by atoms with E-state index in [0.29, 0.717) is 11.4 Å². The van der Waals surface area contributed by atoms with Crippen molar-refractivity contribution >= 4 is 27.6 Å². The highest BCUT2D eigenvalue weighted by atomic mass is 32.2. The topological polar surface area (TPSA) is 72.5 Å². The van der Waals surface area contributed by atoms with E-state index in [1.165, 1.54) is 18.2 Å². The Balaban J connectivity index is 1.80. The molecule has 0 aliphatic heterocycles. The number of hydrogen-bond donors (Lipinski definition) is 1. The molecule has 0 saturated heterocycles. The summed E-state index contributed by atoms with van der Waals surface area (Å²) < 4.78 is 32.8. The predicted molar refractivity (Wildman–Crippen MR) is 110 cm³/mol. The molecule has 5 nitrogen and oxygen atoms in total. The van der Waals surface area contributed by atoms with Gasteiger partial charge in [-0.05, 0) is 48.0 Å². The van der Waals surface area contributed by atoms with Crippen LogP contribution >= 0.6 is 0 Å². The molecule has 0 aliphatic carbocycles. The van der Waals surface area contributed by atoms with Crippen LogP contribution in [0.1, 0.15) is 15.9 Å². The fourth-order valence-corrected chi connectivity index (χ4v) is 3.65. The summed E-state index contributed by atoms with van der Waals surface area (Å²) in [5.74, 6) is 0.397. The smallest absolute Gasteiger partial charge is 0.261 e. The highest BCUT2D eigenvalue weighted by Crippen LogP contribution is 2.18. The molecule has 0 fully saturated rings. The van der Waals surface area contributed by atoms with Crippen molar-refractivity contribution in [2.24, 2.45) is 0 Å². The Bertz CT molecular complexity index is 1110. The molecular weight excluding hydrogens is 374 g/mol. The van der Waals surface area contributed by atoms with Crippen LogP contribution in [0.15, 0.2) is 89.8 Å². The molecule has 0 atom stereocenters. The monoisotopic (exact) mass is 393 g/mol. The largest absolute Gasteiger partial charge is 0.497 e. The van der Waals surface area contributed by atoms with Crippen LogP contribution < -0.4 is 9.46 Å². The molecule has 0 aliphatic rings. The average molecular weight is 393 g/mol. The van der Waals surface area contributed by atoms with E-state index in [0.717, 1.165) is 5.56 Å². The molecule has 0 amide bonds. The van der Waals surface area contributed by atoms with Crippen molar-refractivity contribution in [3.63, 3.8) is 0 Å². The van der Waals surface area contributed by atoms with Gasteiger partial charge in [0.25, 0.3) is 10.0 Å². The van der Waals surface area contributed by atoms with Crippen LogP contribution in [0.2, 0.25) is 0 Å². The summed E-state index contributed by atoms with van der Waals surface area (Å²) in [5, 5.41) is 0. The number of anilines is 1. The van der Waals surface area contributed by atoms with Crippen LogP contribution in [0, 0.1) is 0 Å². The molecule has 0 radical (unpaired) electrons. The van der Waals surface area contributed by atoms with Gasteiger partial charge in [0.05, 0.1) is 12.0 Å². The second-order valence-electron chi connectivity index (χ2n) is 5.97. The van der Waals surface area contributed by atoms with E-state index in [1.807, 2.05) is 18.2 Å². The molecule has 3 rings (SSSR count). The molecule has 3 aromatic rings. The fourth-order valence-electron chi connectivity index (χ4n) is 2.55. The molecule has 0 heterocycles. The minimum Gasteiger partial charge on any atom is -0.497 e. The van der Waals surface area contributed by atoms with E-state index in [9.17, 15) is 13.2 Å². The Morgan fingerprint density at radius 2 is 1.68 bits per heavy atom. The van der Waals surface area contributed by atoms with Crippen molar-refractivity contribution in [1.29, 1.82) is 0 Å². The summed E-state index contributed by atoms with van der Waals surface area (Å²) in [6, 6.07) is 21.8. The molecular formula is C22H19NO4S. The number of rotatable bonds is 7. The zero-order valence-corrected chi connectivity index (χ0v) is 16.0. The maximum Gasteiger partial charge on any atom is 0.261 e. The standard InChI is InChI=1S/C22H19NO4S/c1-27-20-11-5-7-17(15-20)13-14-22(24)18-8-6-12-21(16-18)28(25,26)23-19-9-3-2-4-10-19/h2-16,23H,1H3/b14-13+. The van der Waals surface area contributed by atoms with Crippen molar-refractivity contribution in [3.05, 3.63) is 96.1 Å². The van der Waals surface area contributed by atoms with Crippen molar-refractivity contribution in [3.8, 4) is 5.75 Å². The number of nitrogens with one attached hydrogen (secondary N) is 1. The summed E-state index contributed by atoms with van der Waals surface area (Å²) in [4.78, 5) is 12.5. The van der Waals surface area contributed by atoms with E-state index in [-0.39, 0.29) is 16.2 Å². The molecule has 3 aromatic carbocycles. The lowest BCUT2D eigenvalue weighted by Crippen LogP contribution is -2.13.